The van der Waals surface area contributed by atoms with E-state index < -0.39 is 0 Å². The fourth-order valence-corrected chi connectivity index (χ4v) is 1.64. The summed E-state index contributed by atoms with van der Waals surface area (Å²) in [6.07, 6.45) is 0.407. The zero-order chi connectivity index (χ0) is 16.4. The number of nitriles is 1. The number of nitrogens with one attached hydrogen (secondary N) is 2. The van der Waals surface area contributed by atoms with Gasteiger partial charge in [0, 0.05) is 13.5 Å². The predicted molar refractivity (Wildman–Crippen MR) is 80.5 cm³/mol. The summed E-state index contributed by atoms with van der Waals surface area (Å²) in [5, 5.41) is 14.0. The molecule has 0 spiro atoms. The summed E-state index contributed by atoms with van der Waals surface area (Å²) >= 11 is 0. The van der Waals surface area contributed by atoms with Crippen LogP contribution >= 0.6 is 0 Å². The molecule has 2 amide bonds. The maximum atomic E-state index is 11.8. The number of hydrogen-bond acceptors (Lipinski definition) is 5. The summed E-state index contributed by atoms with van der Waals surface area (Å²) in [7, 11) is 3.04. The number of rotatable bonds is 8. The lowest BCUT2D eigenvalue weighted by atomic mass is 10.2. The third-order valence-corrected chi connectivity index (χ3v) is 2.83. The Morgan fingerprint density at radius 3 is 2.50 bits per heavy atom. The minimum Gasteiger partial charge on any atom is -0.495 e. The highest BCUT2D eigenvalue weighted by Gasteiger charge is 2.09. The SMILES string of the molecule is CNC(=O)CCOCCC(=O)Nc1cc(C#N)ccc1OC. The molecule has 7 heteroatoms. The molecule has 22 heavy (non-hydrogen) atoms. The quantitative estimate of drug-likeness (QED) is 0.699. The van der Waals surface area contributed by atoms with Gasteiger partial charge in [-0.1, -0.05) is 0 Å². The Balaban J connectivity index is 2.42. The number of nitrogens with zero attached hydrogens (tertiary/aromatic N) is 1. The van der Waals surface area contributed by atoms with E-state index in [4.69, 9.17) is 14.7 Å². The van der Waals surface area contributed by atoms with Crippen molar-refractivity contribution in [2.45, 2.75) is 12.8 Å². The van der Waals surface area contributed by atoms with Gasteiger partial charge in [-0.3, -0.25) is 9.59 Å². The van der Waals surface area contributed by atoms with Crippen molar-refractivity contribution < 1.29 is 19.1 Å². The Bertz CT molecular complexity index is 566. The summed E-state index contributed by atoms with van der Waals surface area (Å²) in [4.78, 5) is 22.8. The predicted octanol–water partition coefficient (Wildman–Crippen LogP) is 1.05. The van der Waals surface area contributed by atoms with Gasteiger partial charge < -0.3 is 20.1 Å². The lowest BCUT2D eigenvalue weighted by molar-refractivity contribution is -0.121. The van der Waals surface area contributed by atoms with Crippen molar-refractivity contribution in [3.63, 3.8) is 0 Å². The monoisotopic (exact) mass is 305 g/mol. The number of ether oxygens (including phenoxy) is 2. The maximum absolute atomic E-state index is 11.8. The summed E-state index contributed by atoms with van der Waals surface area (Å²) < 4.78 is 10.3. The van der Waals surface area contributed by atoms with Crippen LogP contribution in [0.3, 0.4) is 0 Å². The largest absolute Gasteiger partial charge is 0.495 e. The number of methoxy groups -OCH3 is 1. The van der Waals surface area contributed by atoms with E-state index in [9.17, 15) is 9.59 Å². The molecule has 0 unspecified atom stereocenters. The molecule has 1 aromatic carbocycles. The fraction of sp³-hybridized carbons (Fsp3) is 0.400. The molecule has 0 aromatic heterocycles. The Kier molecular flexibility index (Phi) is 7.43. The van der Waals surface area contributed by atoms with Crippen LogP contribution in [-0.4, -0.2) is 39.2 Å². The van der Waals surface area contributed by atoms with Crippen LogP contribution in [0, 0.1) is 11.3 Å². The highest BCUT2D eigenvalue weighted by atomic mass is 16.5. The average molecular weight is 305 g/mol. The van der Waals surface area contributed by atoms with Gasteiger partial charge in [-0.25, -0.2) is 0 Å². The standard InChI is InChI=1S/C15H19N3O4/c1-17-14(19)5-7-22-8-6-15(20)18-12-9-11(10-16)3-4-13(12)21-2/h3-4,9H,5-8H2,1-2H3,(H,17,19)(H,18,20). The smallest absolute Gasteiger partial charge is 0.226 e. The maximum Gasteiger partial charge on any atom is 0.226 e. The number of anilines is 1. The van der Waals surface area contributed by atoms with Crippen molar-refractivity contribution in [1.82, 2.24) is 5.32 Å². The van der Waals surface area contributed by atoms with Crippen molar-refractivity contribution in [3.05, 3.63) is 23.8 Å². The van der Waals surface area contributed by atoms with Crippen molar-refractivity contribution in [1.29, 1.82) is 5.26 Å². The van der Waals surface area contributed by atoms with E-state index in [0.717, 1.165) is 0 Å². The second-order valence-corrected chi connectivity index (χ2v) is 4.36. The second-order valence-electron chi connectivity index (χ2n) is 4.36. The molecule has 0 bridgehead atoms. The molecular weight excluding hydrogens is 286 g/mol. The average Bonchev–Trinajstić information content (AvgIpc) is 2.54. The molecule has 0 saturated heterocycles. The van der Waals surface area contributed by atoms with Gasteiger partial charge >= 0.3 is 0 Å². The van der Waals surface area contributed by atoms with E-state index in [-0.39, 0.29) is 37.9 Å². The topological polar surface area (TPSA) is 100 Å². The first kappa shape index (κ1) is 17.5. The molecule has 2 N–H and O–H groups in total. The van der Waals surface area contributed by atoms with Gasteiger partial charge in [-0.2, -0.15) is 5.26 Å². The minimum absolute atomic E-state index is 0.109. The third-order valence-electron chi connectivity index (χ3n) is 2.83. The van der Waals surface area contributed by atoms with Gasteiger partial charge in [-0.05, 0) is 18.2 Å². The number of amides is 2. The molecule has 0 aliphatic rings. The summed E-state index contributed by atoms with van der Waals surface area (Å²) in [6, 6.07) is 6.77. The first-order valence-corrected chi connectivity index (χ1v) is 6.77. The van der Waals surface area contributed by atoms with E-state index >= 15 is 0 Å². The van der Waals surface area contributed by atoms with Crippen LogP contribution in [0.1, 0.15) is 18.4 Å². The Morgan fingerprint density at radius 1 is 1.23 bits per heavy atom. The molecule has 7 nitrogen and oxygen atoms in total. The number of benzene rings is 1. The van der Waals surface area contributed by atoms with Crippen LogP contribution < -0.4 is 15.4 Å². The van der Waals surface area contributed by atoms with Gasteiger partial charge in [-0.15, -0.1) is 0 Å². The molecule has 0 aliphatic carbocycles. The molecule has 0 heterocycles. The summed E-state index contributed by atoms with van der Waals surface area (Å²) in [6.45, 7) is 0.475. The Labute approximate surface area is 129 Å². The normalized spacial score (nSPS) is 9.68. The summed E-state index contributed by atoms with van der Waals surface area (Å²) in [5.41, 5.74) is 0.870. The second kappa shape index (κ2) is 9.37. The van der Waals surface area contributed by atoms with Gasteiger partial charge in [0.25, 0.3) is 0 Å². The Morgan fingerprint density at radius 2 is 1.91 bits per heavy atom. The molecular formula is C15H19N3O4. The molecule has 0 atom stereocenters. The highest BCUT2D eigenvalue weighted by Crippen LogP contribution is 2.25. The lowest BCUT2D eigenvalue weighted by Gasteiger charge is -2.10. The minimum atomic E-state index is -0.256. The summed E-state index contributed by atoms with van der Waals surface area (Å²) in [5.74, 6) is 0.115. The molecule has 0 aliphatic heterocycles. The molecule has 1 aromatic rings. The zero-order valence-electron chi connectivity index (χ0n) is 12.6. The van der Waals surface area contributed by atoms with Gasteiger partial charge in [0.2, 0.25) is 11.8 Å². The van der Waals surface area contributed by atoms with Crippen LogP contribution in [0.25, 0.3) is 0 Å². The number of carbonyl (C=O) groups is 2. The van der Waals surface area contributed by atoms with Crippen molar-refractivity contribution in [3.8, 4) is 11.8 Å². The van der Waals surface area contributed by atoms with Crippen LogP contribution in [0.2, 0.25) is 0 Å². The molecule has 0 saturated carbocycles. The van der Waals surface area contributed by atoms with Gasteiger partial charge in [0.05, 0.1) is 44.1 Å². The van der Waals surface area contributed by atoms with Crippen molar-refractivity contribution in [2.75, 3.05) is 32.7 Å². The molecule has 118 valence electrons. The number of carbonyl (C=O) groups excluding carboxylic acids is 2. The first-order chi connectivity index (χ1) is 10.6. The highest BCUT2D eigenvalue weighted by molar-refractivity contribution is 5.92. The lowest BCUT2D eigenvalue weighted by Crippen LogP contribution is -2.20. The first-order valence-electron chi connectivity index (χ1n) is 6.77. The molecule has 0 radical (unpaired) electrons. The zero-order valence-corrected chi connectivity index (χ0v) is 12.6. The molecule has 1 rings (SSSR count). The van der Waals surface area contributed by atoms with E-state index in [1.807, 2.05) is 6.07 Å². The molecule has 0 fully saturated rings. The van der Waals surface area contributed by atoms with Gasteiger partial charge in [0.1, 0.15) is 5.75 Å². The van der Waals surface area contributed by atoms with E-state index in [0.29, 0.717) is 17.0 Å². The third kappa shape index (κ3) is 5.81. The van der Waals surface area contributed by atoms with Crippen LogP contribution in [0.4, 0.5) is 5.69 Å². The Hall–Kier alpha value is -2.59. The van der Waals surface area contributed by atoms with E-state index in [2.05, 4.69) is 10.6 Å². The van der Waals surface area contributed by atoms with E-state index in [1.54, 1.807) is 25.2 Å². The fourth-order valence-electron chi connectivity index (χ4n) is 1.64. The van der Waals surface area contributed by atoms with Crippen LogP contribution in [0.5, 0.6) is 5.75 Å². The van der Waals surface area contributed by atoms with Gasteiger partial charge in [0.15, 0.2) is 0 Å². The van der Waals surface area contributed by atoms with Crippen LogP contribution in [-0.2, 0) is 14.3 Å². The van der Waals surface area contributed by atoms with E-state index in [1.165, 1.54) is 7.11 Å². The van der Waals surface area contributed by atoms with Crippen LogP contribution in [0.15, 0.2) is 18.2 Å². The van der Waals surface area contributed by atoms with Crippen molar-refractivity contribution in [2.24, 2.45) is 0 Å². The number of hydrogen-bond donors (Lipinski definition) is 2. The van der Waals surface area contributed by atoms with Crippen molar-refractivity contribution >= 4 is 17.5 Å².